The molecule has 0 radical (unpaired) electrons. The molecule has 0 aromatic carbocycles. The fourth-order valence-electron chi connectivity index (χ4n) is 2.93. The molecule has 1 amide bonds. The number of ketones is 1. The number of furan rings is 2. The molecule has 0 fully saturated rings. The number of methoxy groups -OCH3 is 1. The Balaban J connectivity index is 2.00. The van der Waals surface area contributed by atoms with E-state index in [1.54, 1.807) is 32.2 Å². The Labute approximate surface area is 144 Å². The number of aliphatic hydroxyl groups is 1. The van der Waals surface area contributed by atoms with Crippen LogP contribution in [0.3, 0.4) is 0 Å². The van der Waals surface area contributed by atoms with Gasteiger partial charge in [-0.1, -0.05) is 0 Å². The maximum absolute atomic E-state index is 12.8. The predicted octanol–water partition coefficient (Wildman–Crippen LogP) is 2.80. The van der Waals surface area contributed by atoms with E-state index in [0.29, 0.717) is 31.1 Å². The van der Waals surface area contributed by atoms with E-state index in [4.69, 9.17) is 13.6 Å². The normalized spacial score (nSPS) is 17.6. The summed E-state index contributed by atoms with van der Waals surface area (Å²) in [5, 5.41) is 10.3. The number of ether oxygens (including phenoxy) is 1. The summed E-state index contributed by atoms with van der Waals surface area (Å²) in [6.45, 7) is 2.54. The van der Waals surface area contributed by atoms with Crippen LogP contribution in [0.4, 0.5) is 0 Å². The van der Waals surface area contributed by atoms with Gasteiger partial charge in [-0.25, -0.2) is 0 Å². The lowest BCUT2D eigenvalue weighted by Gasteiger charge is -2.24. The zero-order chi connectivity index (χ0) is 18.0. The number of Topliss-reactive ketones (excluding diaryl/α,β-unsaturated/α-hetero) is 1. The number of amides is 1. The topological polar surface area (TPSA) is 93.1 Å². The van der Waals surface area contributed by atoms with Crippen molar-refractivity contribution in [1.29, 1.82) is 0 Å². The second-order valence-electron chi connectivity index (χ2n) is 5.76. The molecule has 3 heterocycles. The van der Waals surface area contributed by atoms with Crippen LogP contribution in [0.5, 0.6) is 0 Å². The van der Waals surface area contributed by atoms with Gasteiger partial charge in [0.1, 0.15) is 17.6 Å². The van der Waals surface area contributed by atoms with Crippen LogP contribution in [0, 0.1) is 6.92 Å². The van der Waals surface area contributed by atoms with Crippen molar-refractivity contribution in [2.45, 2.75) is 19.4 Å². The highest BCUT2D eigenvalue weighted by Crippen LogP contribution is 2.39. The lowest BCUT2D eigenvalue weighted by molar-refractivity contribution is -0.129. The molecule has 1 unspecified atom stereocenters. The van der Waals surface area contributed by atoms with Crippen molar-refractivity contribution in [3.63, 3.8) is 0 Å². The van der Waals surface area contributed by atoms with Gasteiger partial charge in [-0.15, -0.1) is 0 Å². The highest BCUT2D eigenvalue weighted by molar-refractivity contribution is 6.14. The number of hydrogen-bond donors (Lipinski definition) is 1. The zero-order valence-corrected chi connectivity index (χ0v) is 14.0. The average molecular weight is 345 g/mol. The molecule has 0 bridgehead atoms. The fraction of sp³-hybridized carbons (Fsp3) is 0.333. The van der Waals surface area contributed by atoms with Crippen molar-refractivity contribution in [3.8, 4) is 0 Å². The number of nitrogens with zero attached hydrogens (tertiary/aromatic N) is 1. The van der Waals surface area contributed by atoms with Crippen molar-refractivity contribution in [2.24, 2.45) is 0 Å². The Morgan fingerprint density at radius 2 is 2.16 bits per heavy atom. The van der Waals surface area contributed by atoms with Crippen molar-refractivity contribution in [3.05, 3.63) is 59.1 Å². The average Bonchev–Trinajstić information content (AvgIpc) is 3.31. The molecule has 132 valence electrons. The molecule has 0 saturated carbocycles. The third-order valence-corrected chi connectivity index (χ3v) is 4.07. The van der Waals surface area contributed by atoms with Gasteiger partial charge < -0.3 is 23.6 Å². The van der Waals surface area contributed by atoms with Crippen molar-refractivity contribution < 1.29 is 28.3 Å². The minimum Gasteiger partial charge on any atom is -0.503 e. The first-order chi connectivity index (χ1) is 12.0. The molecule has 2 aromatic rings. The van der Waals surface area contributed by atoms with Gasteiger partial charge in [0.15, 0.2) is 11.5 Å². The Morgan fingerprint density at radius 3 is 2.76 bits per heavy atom. The maximum atomic E-state index is 12.8. The first-order valence-electron chi connectivity index (χ1n) is 7.92. The number of aliphatic hydroxyl groups excluding tert-OH is 1. The van der Waals surface area contributed by atoms with E-state index in [0.717, 1.165) is 0 Å². The molecule has 3 rings (SSSR count). The summed E-state index contributed by atoms with van der Waals surface area (Å²) in [4.78, 5) is 26.7. The minimum absolute atomic E-state index is 0.0354. The first-order valence-corrected chi connectivity index (χ1v) is 7.92. The van der Waals surface area contributed by atoms with Gasteiger partial charge >= 0.3 is 0 Å². The molecule has 1 N–H and O–H groups in total. The SMILES string of the molecule is COCCCN1C(=O)C(O)=C(C(=O)c2ccco2)C1c1ccc(C)o1. The molecule has 0 spiro atoms. The standard InChI is InChI=1S/C18H19NO6/c1-11-6-7-12(25-11)15-14(16(20)13-5-3-10-24-13)17(21)18(22)19(15)8-4-9-23-2/h3,5-7,10,15,21H,4,8-9H2,1-2H3. The molecule has 25 heavy (non-hydrogen) atoms. The molecular weight excluding hydrogens is 326 g/mol. The summed E-state index contributed by atoms with van der Waals surface area (Å²) in [5.74, 6) is -0.592. The largest absolute Gasteiger partial charge is 0.503 e. The highest BCUT2D eigenvalue weighted by atomic mass is 16.5. The van der Waals surface area contributed by atoms with E-state index in [1.807, 2.05) is 0 Å². The Kier molecular flexibility index (Phi) is 4.76. The third-order valence-electron chi connectivity index (χ3n) is 4.07. The molecule has 2 aromatic heterocycles. The first kappa shape index (κ1) is 17.0. The van der Waals surface area contributed by atoms with Crippen LogP contribution >= 0.6 is 0 Å². The molecule has 1 atom stereocenters. The number of hydrogen-bond acceptors (Lipinski definition) is 6. The molecule has 1 aliphatic heterocycles. The van der Waals surface area contributed by atoms with Crippen LogP contribution < -0.4 is 0 Å². The van der Waals surface area contributed by atoms with E-state index >= 15 is 0 Å². The van der Waals surface area contributed by atoms with Crippen LogP contribution in [0.2, 0.25) is 0 Å². The van der Waals surface area contributed by atoms with Crippen molar-refractivity contribution in [2.75, 3.05) is 20.3 Å². The van der Waals surface area contributed by atoms with Gasteiger partial charge in [-0.05, 0) is 37.6 Å². The monoisotopic (exact) mass is 345 g/mol. The summed E-state index contributed by atoms with van der Waals surface area (Å²) < 4.78 is 15.8. The summed E-state index contributed by atoms with van der Waals surface area (Å²) in [6, 6.07) is 5.72. The van der Waals surface area contributed by atoms with E-state index < -0.39 is 23.5 Å². The number of carbonyl (C=O) groups is 2. The second kappa shape index (κ2) is 6.98. The van der Waals surface area contributed by atoms with Crippen LogP contribution in [0.25, 0.3) is 0 Å². The molecule has 0 saturated heterocycles. The molecule has 1 aliphatic rings. The van der Waals surface area contributed by atoms with Crippen molar-refractivity contribution >= 4 is 11.7 Å². The Morgan fingerprint density at radius 1 is 1.36 bits per heavy atom. The Bertz CT molecular complexity index is 801. The van der Waals surface area contributed by atoms with Gasteiger partial charge in [0.05, 0.1) is 11.8 Å². The van der Waals surface area contributed by atoms with Gasteiger partial charge in [0.25, 0.3) is 5.91 Å². The molecular formula is C18H19NO6. The smallest absolute Gasteiger partial charge is 0.290 e. The summed E-state index contributed by atoms with van der Waals surface area (Å²) in [5.41, 5.74) is -0.0354. The van der Waals surface area contributed by atoms with E-state index in [2.05, 4.69) is 0 Å². The number of aryl methyl sites for hydroxylation is 1. The fourth-order valence-corrected chi connectivity index (χ4v) is 2.93. The predicted molar refractivity (Wildman–Crippen MR) is 87.1 cm³/mol. The zero-order valence-electron chi connectivity index (χ0n) is 14.0. The quantitative estimate of drug-likeness (QED) is 0.613. The summed E-state index contributed by atoms with van der Waals surface area (Å²) >= 11 is 0. The maximum Gasteiger partial charge on any atom is 0.290 e. The van der Waals surface area contributed by atoms with E-state index in [1.165, 1.54) is 17.2 Å². The lowest BCUT2D eigenvalue weighted by Crippen LogP contribution is -2.32. The van der Waals surface area contributed by atoms with Gasteiger partial charge in [-0.2, -0.15) is 0 Å². The number of carbonyl (C=O) groups excluding carboxylic acids is 2. The molecule has 7 heteroatoms. The molecule has 0 aliphatic carbocycles. The third kappa shape index (κ3) is 3.10. The van der Waals surface area contributed by atoms with E-state index in [-0.39, 0.29) is 11.3 Å². The van der Waals surface area contributed by atoms with Crippen LogP contribution in [-0.2, 0) is 9.53 Å². The van der Waals surface area contributed by atoms with E-state index in [9.17, 15) is 14.7 Å². The number of rotatable bonds is 7. The van der Waals surface area contributed by atoms with Gasteiger partial charge in [0, 0.05) is 20.3 Å². The van der Waals surface area contributed by atoms with Gasteiger partial charge in [0.2, 0.25) is 5.78 Å². The van der Waals surface area contributed by atoms with Crippen LogP contribution in [-0.4, -0.2) is 42.0 Å². The van der Waals surface area contributed by atoms with Crippen LogP contribution in [0.15, 0.2) is 50.7 Å². The Hall–Kier alpha value is -2.80. The van der Waals surface area contributed by atoms with Gasteiger partial charge in [-0.3, -0.25) is 9.59 Å². The summed E-state index contributed by atoms with van der Waals surface area (Å²) in [6.07, 6.45) is 1.93. The minimum atomic E-state index is -0.796. The summed E-state index contributed by atoms with van der Waals surface area (Å²) in [7, 11) is 1.57. The highest BCUT2D eigenvalue weighted by Gasteiger charge is 2.45. The lowest BCUT2D eigenvalue weighted by atomic mass is 9.99. The van der Waals surface area contributed by atoms with Crippen molar-refractivity contribution in [1.82, 2.24) is 4.90 Å². The second-order valence-corrected chi connectivity index (χ2v) is 5.76. The van der Waals surface area contributed by atoms with Crippen LogP contribution in [0.1, 0.15) is 34.5 Å². The molecule has 7 nitrogen and oxygen atoms in total.